The number of nitrogens with one attached hydrogen (secondary N) is 2. The van der Waals surface area contributed by atoms with E-state index in [1.165, 1.54) is 5.01 Å². The summed E-state index contributed by atoms with van der Waals surface area (Å²) < 4.78 is 0. The average Bonchev–Trinajstić information content (AvgIpc) is 2.34. The van der Waals surface area contributed by atoms with E-state index in [0.717, 1.165) is 5.56 Å². The molecule has 2 amide bonds. The van der Waals surface area contributed by atoms with Gasteiger partial charge in [-0.15, -0.1) is 0 Å². The monoisotopic (exact) mass is 265 g/mol. The van der Waals surface area contributed by atoms with Gasteiger partial charge in [0.1, 0.15) is 0 Å². The Morgan fingerprint density at radius 1 is 1.26 bits per heavy atom. The van der Waals surface area contributed by atoms with Gasteiger partial charge < -0.3 is 10.4 Å². The van der Waals surface area contributed by atoms with Crippen LogP contribution in [0.3, 0.4) is 0 Å². The molecule has 0 radical (unpaired) electrons. The van der Waals surface area contributed by atoms with Crippen LogP contribution in [0.1, 0.15) is 24.4 Å². The highest BCUT2D eigenvalue weighted by atomic mass is 16.4. The second-order valence-electron chi connectivity index (χ2n) is 4.38. The van der Waals surface area contributed by atoms with Crippen molar-refractivity contribution in [2.45, 2.75) is 18.9 Å². The molecule has 1 aromatic carbocycles. The third-order valence-electron chi connectivity index (χ3n) is 2.48. The van der Waals surface area contributed by atoms with Crippen LogP contribution in [0, 0.1) is 0 Å². The third kappa shape index (κ3) is 5.87. The number of rotatable bonds is 6. The number of urea groups is 1. The van der Waals surface area contributed by atoms with E-state index < -0.39 is 5.97 Å². The number of hydrogen-bond donors (Lipinski definition) is 3. The number of carbonyl (C=O) groups excluding carboxylic acids is 1. The lowest BCUT2D eigenvalue weighted by atomic mass is 10.0. The molecule has 0 fully saturated rings. The van der Waals surface area contributed by atoms with Crippen molar-refractivity contribution in [2.75, 3.05) is 14.1 Å². The third-order valence-corrected chi connectivity index (χ3v) is 2.48. The van der Waals surface area contributed by atoms with E-state index in [1.807, 2.05) is 30.3 Å². The molecule has 0 aliphatic carbocycles. The van der Waals surface area contributed by atoms with Gasteiger partial charge in [0.05, 0.1) is 6.04 Å². The highest BCUT2D eigenvalue weighted by Crippen LogP contribution is 2.18. The van der Waals surface area contributed by atoms with E-state index in [2.05, 4.69) is 10.7 Å². The van der Waals surface area contributed by atoms with Crippen LogP contribution >= 0.6 is 0 Å². The van der Waals surface area contributed by atoms with Gasteiger partial charge in [0.15, 0.2) is 0 Å². The Labute approximate surface area is 112 Å². The van der Waals surface area contributed by atoms with Crippen LogP contribution in [0.4, 0.5) is 4.79 Å². The summed E-state index contributed by atoms with van der Waals surface area (Å²) in [5.74, 6) is -0.879. The maximum Gasteiger partial charge on any atom is 0.329 e. The van der Waals surface area contributed by atoms with Gasteiger partial charge in [-0.25, -0.2) is 9.80 Å². The maximum absolute atomic E-state index is 11.7. The zero-order valence-corrected chi connectivity index (χ0v) is 11.1. The second kappa shape index (κ2) is 7.38. The van der Waals surface area contributed by atoms with Crippen LogP contribution in [-0.2, 0) is 4.79 Å². The Morgan fingerprint density at radius 3 is 2.42 bits per heavy atom. The summed E-state index contributed by atoms with van der Waals surface area (Å²) >= 11 is 0. The Hall–Kier alpha value is -2.08. The number of carboxylic acids is 1. The summed E-state index contributed by atoms with van der Waals surface area (Å²) in [4.78, 5) is 22.3. The summed E-state index contributed by atoms with van der Waals surface area (Å²) in [6.07, 6.45) is 0.349. The van der Waals surface area contributed by atoms with Gasteiger partial charge in [0.2, 0.25) is 0 Å². The fourth-order valence-electron chi connectivity index (χ4n) is 1.67. The van der Waals surface area contributed by atoms with Gasteiger partial charge in [0.25, 0.3) is 0 Å². The maximum atomic E-state index is 11.7. The van der Waals surface area contributed by atoms with E-state index in [0.29, 0.717) is 6.42 Å². The van der Waals surface area contributed by atoms with Crippen molar-refractivity contribution in [3.05, 3.63) is 35.9 Å². The fraction of sp³-hybridized carbons (Fsp3) is 0.385. The van der Waals surface area contributed by atoms with Gasteiger partial charge in [-0.3, -0.25) is 10.2 Å². The Kier molecular flexibility index (Phi) is 5.81. The summed E-state index contributed by atoms with van der Waals surface area (Å²) in [6.45, 7) is 0. The lowest BCUT2D eigenvalue weighted by Crippen LogP contribution is -2.44. The van der Waals surface area contributed by atoms with Crippen molar-refractivity contribution in [2.24, 2.45) is 0 Å². The van der Waals surface area contributed by atoms with Crippen molar-refractivity contribution in [1.29, 1.82) is 0 Å². The van der Waals surface area contributed by atoms with Gasteiger partial charge >= 0.3 is 12.0 Å². The molecule has 0 spiro atoms. The molecule has 1 rings (SSSR count). The number of hydrogen-bond acceptors (Lipinski definition) is 3. The first kappa shape index (κ1) is 15.0. The van der Waals surface area contributed by atoms with Crippen LogP contribution in [0.15, 0.2) is 30.3 Å². The van der Waals surface area contributed by atoms with Crippen LogP contribution < -0.4 is 10.7 Å². The molecule has 1 atom stereocenters. The first-order valence-electron chi connectivity index (χ1n) is 6.00. The minimum absolute atomic E-state index is 0.00179. The van der Waals surface area contributed by atoms with Crippen LogP contribution in [0.25, 0.3) is 0 Å². The molecule has 0 heterocycles. The first-order valence-corrected chi connectivity index (χ1v) is 6.00. The molecule has 0 aliphatic rings. The van der Waals surface area contributed by atoms with E-state index in [-0.39, 0.29) is 18.5 Å². The Morgan fingerprint density at radius 2 is 1.89 bits per heavy atom. The standard InChI is InChI=1S/C13H19N3O3/c1-16(2)15-13(19)14-11(8-9-12(17)18)10-6-4-3-5-7-10/h3-7,11H,8-9H2,1-2H3,(H,17,18)(H2,14,15,19). The van der Waals surface area contributed by atoms with Crippen molar-refractivity contribution in [3.8, 4) is 0 Å². The zero-order valence-electron chi connectivity index (χ0n) is 11.1. The molecule has 1 aromatic rings. The van der Waals surface area contributed by atoms with Crippen LogP contribution in [0.2, 0.25) is 0 Å². The largest absolute Gasteiger partial charge is 0.481 e. The van der Waals surface area contributed by atoms with Crippen molar-refractivity contribution < 1.29 is 14.7 Å². The lowest BCUT2D eigenvalue weighted by molar-refractivity contribution is -0.137. The predicted molar refractivity (Wildman–Crippen MR) is 71.4 cm³/mol. The summed E-state index contributed by atoms with van der Waals surface area (Å²) in [5.41, 5.74) is 3.45. The summed E-state index contributed by atoms with van der Waals surface area (Å²) in [5, 5.41) is 13.0. The molecule has 0 saturated heterocycles. The van der Waals surface area contributed by atoms with Gasteiger partial charge in [0, 0.05) is 20.5 Å². The summed E-state index contributed by atoms with van der Waals surface area (Å²) in [6, 6.07) is 8.63. The minimum Gasteiger partial charge on any atom is -0.481 e. The quantitative estimate of drug-likeness (QED) is 0.678. The molecule has 0 aromatic heterocycles. The average molecular weight is 265 g/mol. The molecule has 0 aliphatic heterocycles. The molecule has 6 heteroatoms. The van der Waals surface area contributed by atoms with Crippen LogP contribution in [-0.4, -0.2) is 36.2 Å². The molecule has 104 valence electrons. The van der Waals surface area contributed by atoms with Crippen molar-refractivity contribution in [3.63, 3.8) is 0 Å². The highest BCUT2D eigenvalue weighted by Gasteiger charge is 2.15. The number of aliphatic carboxylic acids is 1. The first-order chi connectivity index (χ1) is 8.99. The molecule has 0 saturated carbocycles. The van der Waals surface area contributed by atoms with E-state index >= 15 is 0 Å². The van der Waals surface area contributed by atoms with E-state index in [1.54, 1.807) is 14.1 Å². The van der Waals surface area contributed by atoms with Gasteiger partial charge in [-0.2, -0.15) is 0 Å². The zero-order chi connectivity index (χ0) is 14.3. The highest BCUT2D eigenvalue weighted by molar-refractivity contribution is 5.74. The smallest absolute Gasteiger partial charge is 0.329 e. The lowest BCUT2D eigenvalue weighted by Gasteiger charge is -2.20. The number of carbonyl (C=O) groups is 2. The number of hydrazine groups is 1. The normalized spacial score (nSPS) is 11.9. The number of carboxylic acid groups (broad SMARTS) is 1. The fourth-order valence-corrected chi connectivity index (χ4v) is 1.67. The molecular formula is C13H19N3O3. The van der Waals surface area contributed by atoms with E-state index in [4.69, 9.17) is 5.11 Å². The molecule has 0 bridgehead atoms. The number of benzene rings is 1. The van der Waals surface area contributed by atoms with Crippen molar-refractivity contribution in [1.82, 2.24) is 15.8 Å². The molecule has 1 unspecified atom stereocenters. The van der Waals surface area contributed by atoms with E-state index in [9.17, 15) is 9.59 Å². The Bertz CT molecular complexity index is 420. The summed E-state index contributed by atoms with van der Waals surface area (Å²) in [7, 11) is 3.41. The topological polar surface area (TPSA) is 81.7 Å². The number of amides is 2. The predicted octanol–water partition coefficient (Wildman–Crippen LogP) is 1.37. The number of nitrogens with zero attached hydrogens (tertiary/aromatic N) is 1. The second-order valence-corrected chi connectivity index (χ2v) is 4.38. The molecule has 19 heavy (non-hydrogen) atoms. The molecular weight excluding hydrogens is 246 g/mol. The van der Waals surface area contributed by atoms with Crippen molar-refractivity contribution >= 4 is 12.0 Å². The minimum atomic E-state index is -0.879. The van der Waals surface area contributed by atoms with Gasteiger partial charge in [-0.1, -0.05) is 30.3 Å². The Balaban J connectivity index is 2.69. The molecule has 3 N–H and O–H groups in total. The molecule has 6 nitrogen and oxygen atoms in total. The van der Waals surface area contributed by atoms with Gasteiger partial charge in [-0.05, 0) is 12.0 Å². The SMILES string of the molecule is CN(C)NC(=O)NC(CCC(=O)O)c1ccccc1. The van der Waals surface area contributed by atoms with Crippen LogP contribution in [0.5, 0.6) is 0 Å².